The van der Waals surface area contributed by atoms with Crippen LogP contribution < -0.4 is 4.74 Å². The standard InChI is InChI=1S/C21H21ClN4O3S/c1-13(19-24-25-20(29-19)14-4-7-16(28-3)8-5-14)30-21-23-17-12-15(22)6-9-18(17)26(21)10-11-27-2/h4-9,12-13H,10-11H2,1-3H3/t13-/m1/s1. The first-order valence-corrected chi connectivity index (χ1v) is 10.6. The molecule has 4 rings (SSSR count). The average molecular weight is 445 g/mol. The number of methoxy groups -OCH3 is 2. The largest absolute Gasteiger partial charge is 0.497 e. The van der Waals surface area contributed by atoms with Gasteiger partial charge in [-0.1, -0.05) is 23.4 Å². The fraction of sp³-hybridized carbons (Fsp3) is 0.286. The Morgan fingerprint density at radius 3 is 2.67 bits per heavy atom. The molecule has 4 aromatic rings. The van der Waals surface area contributed by atoms with E-state index in [9.17, 15) is 0 Å². The van der Waals surface area contributed by atoms with Crippen LogP contribution in [0.3, 0.4) is 0 Å². The number of rotatable bonds is 8. The number of halogens is 1. The molecular formula is C21H21ClN4O3S. The molecule has 0 radical (unpaired) electrons. The summed E-state index contributed by atoms with van der Waals surface area (Å²) in [6.45, 7) is 3.28. The molecular weight excluding hydrogens is 424 g/mol. The maximum absolute atomic E-state index is 6.14. The van der Waals surface area contributed by atoms with Gasteiger partial charge in [0.1, 0.15) is 5.75 Å². The van der Waals surface area contributed by atoms with Gasteiger partial charge in [-0.05, 0) is 49.4 Å². The molecule has 0 bridgehead atoms. The Balaban J connectivity index is 1.58. The molecule has 0 aliphatic rings. The number of ether oxygens (including phenoxy) is 2. The maximum Gasteiger partial charge on any atom is 0.247 e. The molecule has 0 unspecified atom stereocenters. The Labute approximate surface area is 183 Å². The first-order valence-electron chi connectivity index (χ1n) is 9.38. The summed E-state index contributed by atoms with van der Waals surface area (Å²) < 4.78 is 18.5. The van der Waals surface area contributed by atoms with Crippen LogP contribution in [0.5, 0.6) is 5.75 Å². The zero-order chi connectivity index (χ0) is 21.1. The van der Waals surface area contributed by atoms with Crippen LogP contribution in [0.1, 0.15) is 18.1 Å². The van der Waals surface area contributed by atoms with Crippen molar-refractivity contribution in [3.05, 3.63) is 53.4 Å². The first kappa shape index (κ1) is 20.7. The van der Waals surface area contributed by atoms with Crippen LogP contribution in [0, 0.1) is 0 Å². The quantitative estimate of drug-likeness (QED) is 0.343. The molecule has 0 saturated carbocycles. The monoisotopic (exact) mass is 444 g/mol. The summed E-state index contributed by atoms with van der Waals surface area (Å²) in [5.41, 5.74) is 2.70. The number of hydrogen-bond donors (Lipinski definition) is 0. The minimum Gasteiger partial charge on any atom is -0.497 e. The highest BCUT2D eigenvalue weighted by molar-refractivity contribution is 7.99. The summed E-state index contributed by atoms with van der Waals surface area (Å²) in [6.07, 6.45) is 0. The lowest BCUT2D eigenvalue weighted by Crippen LogP contribution is -2.06. The zero-order valence-corrected chi connectivity index (χ0v) is 18.4. The van der Waals surface area contributed by atoms with Gasteiger partial charge in [0.2, 0.25) is 11.8 Å². The molecule has 2 aromatic heterocycles. The molecule has 0 N–H and O–H groups in total. The lowest BCUT2D eigenvalue weighted by molar-refractivity contribution is 0.186. The number of nitrogens with zero attached hydrogens (tertiary/aromatic N) is 4. The van der Waals surface area contributed by atoms with Gasteiger partial charge >= 0.3 is 0 Å². The minimum absolute atomic E-state index is 0.0851. The predicted octanol–water partition coefficient (Wildman–Crippen LogP) is 5.25. The Bertz CT molecular complexity index is 1140. The van der Waals surface area contributed by atoms with Gasteiger partial charge in [0.25, 0.3) is 0 Å². The normalized spacial score (nSPS) is 12.4. The number of aromatic nitrogens is 4. The number of fused-ring (bicyclic) bond motifs is 1. The van der Waals surface area contributed by atoms with Crippen molar-refractivity contribution in [3.8, 4) is 17.2 Å². The Hall–Kier alpha value is -2.55. The summed E-state index contributed by atoms with van der Waals surface area (Å²) in [7, 11) is 3.32. The van der Waals surface area contributed by atoms with E-state index < -0.39 is 0 Å². The smallest absolute Gasteiger partial charge is 0.247 e. The van der Waals surface area contributed by atoms with Gasteiger partial charge in [-0.15, -0.1) is 10.2 Å². The van der Waals surface area contributed by atoms with E-state index in [1.165, 1.54) is 0 Å². The molecule has 0 aliphatic carbocycles. The Morgan fingerprint density at radius 1 is 1.13 bits per heavy atom. The van der Waals surface area contributed by atoms with E-state index in [-0.39, 0.29) is 5.25 Å². The highest BCUT2D eigenvalue weighted by Gasteiger charge is 2.20. The summed E-state index contributed by atoms with van der Waals surface area (Å²) >= 11 is 7.70. The Morgan fingerprint density at radius 2 is 1.93 bits per heavy atom. The fourth-order valence-corrected chi connectivity index (χ4v) is 4.17. The van der Waals surface area contributed by atoms with Gasteiger partial charge < -0.3 is 18.5 Å². The highest BCUT2D eigenvalue weighted by Crippen LogP contribution is 2.36. The third-order valence-corrected chi connectivity index (χ3v) is 5.91. The van der Waals surface area contributed by atoms with Crippen LogP contribution in [0.4, 0.5) is 0 Å². The van der Waals surface area contributed by atoms with Crippen LogP contribution in [0.2, 0.25) is 5.02 Å². The van der Waals surface area contributed by atoms with Crippen molar-refractivity contribution in [3.63, 3.8) is 0 Å². The average Bonchev–Trinajstić information content (AvgIpc) is 3.37. The zero-order valence-electron chi connectivity index (χ0n) is 16.8. The third kappa shape index (κ3) is 4.30. The molecule has 0 amide bonds. The second-order valence-corrected chi connectivity index (χ2v) is 8.35. The second kappa shape index (κ2) is 9.07. The second-order valence-electron chi connectivity index (χ2n) is 6.61. The number of imidazole rings is 1. The van der Waals surface area contributed by atoms with Crippen LogP contribution in [0.15, 0.2) is 52.0 Å². The van der Waals surface area contributed by atoms with Gasteiger partial charge in [0, 0.05) is 24.2 Å². The van der Waals surface area contributed by atoms with E-state index in [0.29, 0.717) is 30.0 Å². The molecule has 2 heterocycles. The Kier molecular flexibility index (Phi) is 6.26. The van der Waals surface area contributed by atoms with Crippen molar-refractivity contribution in [2.75, 3.05) is 20.8 Å². The van der Waals surface area contributed by atoms with E-state index in [1.807, 2.05) is 49.4 Å². The van der Waals surface area contributed by atoms with Crippen molar-refractivity contribution in [1.29, 1.82) is 0 Å². The summed E-state index contributed by atoms with van der Waals surface area (Å²) in [4.78, 5) is 4.76. The third-order valence-electron chi connectivity index (χ3n) is 4.60. The number of benzene rings is 2. The fourth-order valence-electron chi connectivity index (χ4n) is 3.03. The van der Waals surface area contributed by atoms with Crippen molar-refractivity contribution in [2.45, 2.75) is 23.9 Å². The molecule has 0 aliphatic heterocycles. The van der Waals surface area contributed by atoms with Crippen molar-refractivity contribution < 1.29 is 13.9 Å². The topological polar surface area (TPSA) is 75.2 Å². The molecule has 0 fully saturated rings. The van der Waals surface area contributed by atoms with Gasteiger partial charge in [0.05, 0.1) is 30.0 Å². The van der Waals surface area contributed by atoms with E-state index in [4.69, 9.17) is 30.5 Å². The lowest BCUT2D eigenvalue weighted by Gasteiger charge is -2.10. The van der Waals surface area contributed by atoms with Gasteiger partial charge in [-0.3, -0.25) is 0 Å². The number of hydrogen-bond acceptors (Lipinski definition) is 7. The number of thioether (sulfide) groups is 1. The van der Waals surface area contributed by atoms with Crippen LogP contribution >= 0.6 is 23.4 Å². The molecule has 2 aromatic carbocycles. The molecule has 0 spiro atoms. The summed E-state index contributed by atoms with van der Waals surface area (Å²) in [5.74, 6) is 1.78. The molecule has 0 saturated heterocycles. The SMILES string of the molecule is COCCn1c(S[C@H](C)c2nnc(-c3ccc(OC)cc3)o2)nc2cc(Cl)ccc21. The maximum atomic E-state index is 6.14. The van der Waals surface area contributed by atoms with E-state index >= 15 is 0 Å². The van der Waals surface area contributed by atoms with Crippen molar-refractivity contribution >= 4 is 34.4 Å². The van der Waals surface area contributed by atoms with Crippen LogP contribution in [0.25, 0.3) is 22.5 Å². The van der Waals surface area contributed by atoms with E-state index in [1.54, 1.807) is 26.0 Å². The predicted molar refractivity (Wildman–Crippen MR) is 117 cm³/mol. The summed E-state index contributed by atoms with van der Waals surface area (Å²) in [6, 6.07) is 13.2. The molecule has 7 nitrogen and oxygen atoms in total. The van der Waals surface area contributed by atoms with Gasteiger partial charge in [-0.2, -0.15) is 0 Å². The van der Waals surface area contributed by atoms with Crippen LogP contribution in [-0.2, 0) is 11.3 Å². The van der Waals surface area contributed by atoms with E-state index in [0.717, 1.165) is 27.5 Å². The van der Waals surface area contributed by atoms with Gasteiger partial charge in [0.15, 0.2) is 5.16 Å². The first-order chi connectivity index (χ1) is 14.6. The summed E-state index contributed by atoms with van der Waals surface area (Å²) in [5, 5.41) is 9.86. The highest BCUT2D eigenvalue weighted by atomic mass is 35.5. The van der Waals surface area contributed by atoms with E-state index in [2.05, 4.69) is 14.8 Å². The lowest BCUT2D eigenvalue weighted by atomic mass is 10.2. The van der Waals surface area contributed by atoms with Crippen molar-refractivity contribution in [1.82, 2.24) is 19.7 Å². The molecule has 1 atom stereocenters. The molecule has 9 heteroatoms. The van der Waals surface area contributed by atoms with Gasteiger partial charge in [-0.25, -0.2) is 4.98 Å². The molecule has 156 valence electrons. The minimum atomic E-state index is -0.0851. The molecule has 30 heavy (non-hydrogen) atoms. The van der Waals surface area contributed by atoms with Crippen LogP contribution in [-0.4, -0.2) is 40.6 Å². The van der Waals surface area contributed by atoms with Crippen molar-refractivity contribution in [2.24, 2.45) is 0 Å².